The lowest BCUT2D eigenvalue weighted by Gasteiger charge is -2.14. The standard InChI is InChI=1S/C82H48N6O2/c1-4-20-50(21-5-1)77-83-78(51-22-6-2-7-23-51)86-81(85-77)70-38-18-35-67-65-33-16-36-68(74(65)90-76(67)70)72-48-55-26-11-13-30-60(55)63-44-41-54(47-71(63)72)53-27-14-28-58(45-53)80-84-79(52-24-8-3-9-25-52)87-82(88-80)69-37-17-34-66-64-32-15-31-62(73(64)89-75(66)69)57-42-43-61-56(46-57)40-39-49-19-10-12-29-59(49)61/h1-48H. The number of hydrogen-bond donors (Lipinski definition) is 0. The highest BCUT2D eigenvalue weighted by Crippen LogP contribution is 2.46. The van der Waals surface area contributed by atoms with E-state index in [1.807, 2.05) is 97.1 Å². The first kappa shape index (κ1) is 51.0. The van der Waals surface area contributed by atoms with E-state index in [1.165, 1.54) is 26.9 Å². The molecule has 0 saturated heterocycles. The number of aromatic nitrogens is 6. The van der Waals surface area contributed by atoms with Crippen molar-refractivity contribution in [2.24, 2.45) is 0 Å². The van der Waals surface area contributed by atoms with Crippen molar-refractivity contribution in [2.45, 2.75) is 0 Å². The number of nitrogens with zero attached hydrogens (tertiary/aromatic N) is 6. The highest BCUT2D eigenvalue weighted by Gasteiger charge is 2.23. The Bertz CT molecular complexity index is 5860. The fraction of sp³-hybridized carbons (Fsp3) is 0. The topological polar surface area (TPSA) is 104 Å². The number of fused-ring (bicyclic) bond motifs is 12. The van der Waals surface area contributed by atoms with Crippen LogP contribution in [0.5, 0.6) is 0 Å². The van der Waals surface area contributed by atoms with Crippen LogP contribution in [0.15, 0.2) is 300 Å². The van der Waals surface area contributed by atoms with Gasteiger partial charge in [-0.1, -0.05) is 255 Å². The Morgan fingerprint density at radius 3 is 1.12 bits per heavy atom. The van der Waals surface area contributed by atoms with E-state index in [9.17, 15) is 0 Å². The molecule has 18 rings (SSSR count). The van der Waals surface area contributed by atoms with Gasteiger partial charge in [0.2, 0.25) is 0 Å². The van der Waals surface area contributed by atoms with Crippen molar-refractivity contribution < 1.29 is 8.83 Å². The molecule has 0 aliphatic carbocycles. The maximum atomic E-state index is 7.20. The lowest BCUT2D eigenvalue weighted by Crippen LogP contribution is -2.00. The number of para-hydroxylation sites is 4. The summed E-state index contributed by atoms with van der Waals surface area (Å²) >= 11 is 0. The first-order valence-corrected chi connectivity index (χ1v) is 30.1. The summed E-state index contributed by atoms with van der Waals surface area (Å²) in [7, 11) is 0. The third-order valence-electron chi connectivity index (χ3n) is 17.6. The maximum absolute atomic E-state index is 7.20. The highest BCUT2D eigenvalue weighted by molar-refractivity contribution is 6.20. The lowest BCUT2D eigenvalue weighted by molar-refractivity contribution is 0.670. The summed E-state index contributed by atoms with van der Waals surface area (Å²) in [4.78, 5) is 31.0. The van der Waals surface area contributed by atoms with Gasteiger partial charge in [-0.05, 0) is 102 Å². The molecule has 0 unspecified atom stereocenters. The van der Waals surface area contributed by atoms with Crippen molar-refractivity contribution in [3.63, 3.8) is 0 Å². The Morgan fingerprint density at radius 1 is 0.167 bits per heavy atom. The van der Waals surface area contributed by atoms with Crippen molar-refractivity contribution in [1.82, 2.24) is 29.9 Å². The molecule has 418 valence electrons. The first-order chi connectivity index (χ1) is 44.6. The van der Waals surface area contributed by atoms with Gasteiger partial charge in [0.05, 0.1) is 11.1 Å². The predicted octanol–water partition coefficient (Wildman–Crippen LogP) is 21.5. The molecule has 0 radical (unpaired) electrons. The van der Waals surface area contributed by atoms with E-state index in [0.29, 0.717) is 46.1 Å². The Hall–Kier alpha value is -12.3. The van der Waals surface area contributed by atoms with E-state index in [-0.39, 0.29) is 0 Å². The van der Waals surface area contributed by atoms with Crippen LogP contribution in [0, 0.1) is 0 Å². The summed E-state index contributed by atoms with van der Waals surface area (Å²) in [5, 5.41) is 13.4. The van der Waals surface area contributed by atoms with Crippen molar-refractivity contribution in [3.05, 3.63) is 291 Å². The molecule has 90 heavy (non-hydrogen) atoms. The molecule has 0 saturated carbocycles. The molecule has 0 spiro atoms. The largest absolute Gasteiger partial charge is 0.455 e. The van der Waals surface area contributed by atoms with Gasteiger partial charge >= 0.3 is 0 Å². The van der Waals surface area contributed by atoms with Crippen LogP contribution in [0.25, 0.3) is 189 Å². The minimum Gasteiger partial charge on any atom is -0.455 e. The molecule has 0 fully saturated rings. The normalized spacial score (nSPS) is 11.8. The molecule has 8 heteroatoms. The minimum atomic E-state index is 0.518. The van der Waals surface area contributed by atoms with E-state index in [4.69, 9.17) is 38.7 Å². The number of benzene rings is 14. The summed E-state index contributed by atoms with van der Waals surface area (Å²) in [6.45, 7) is 0. The quantitative estimate of drug-likeness (QED) is 0.132. The zero-order valence-corrected chi connectivity index (χ0v) is 48.2. The summed E-state index contributed by atoms with van der Waals surface area (Å²) in [5.41, 5.74) is 14.3. The summed E-state index contributed by atoms with van der Waals surface area (Å²) in [6.07, 6.45) is 0. The Balaban J connectivity index is 0.760. The molecule has 0 aliphatic heterocycles. The van der Waals surface area contributed by atoms with Crippen LogP contribution in [-0.2, 0) is 0 Å². The second-order valence-corrected chi connectivity index (χ2v) is 22.9. The molecule has 4 aromatic heterocycles. The van der Waals surface area contributed by atoms with E-state index >= 15 is 0 Å². The van der Waals surface area contributed by atoms with Gasteiger partial charge in [-0.3, -0.25) is 0 Å². The van der Waals surface area contributed by atoms with Crippen LogP contribution in [0.3, 0.4) is 0 Å². The molecular weight excluding hydrogens is 1100 g/mol. The molecule has 0 atom stereocenters. The Morgan fingerprint density at radius 2 is 0.533 bits per heavy atom. The molecule has 8 nitrogen and oxygen atoms in total. The van der Waals surface area contributed by atoms with Gasteiger partial charge in [-0.2, -0.15) is 0 Å². The minimum absolute atomic E-state index is 0.518. The summed E-state index contributed by atoms with van der Waals surface area (Å²) < 4.78 is 14.3. The molecule has 14 aromatic carbocycles. The second-order valence-electron chi connectivity index (χ2n) is 22.9. The van der Waals surface area contributed by atoms with Crippen molar-refractivity contribution in [3.8, 4) is 102 Å². The van der Waals surface area contributed by atoms with Gasteiger partial charge in [0.25, 0.3) is 0 Å². The zero-order chi connectivity index (χ0) is 59.2. The van der Waals surface area contributed by atoms with E-state index < -0.39 is 0 Å². The fourth-order valence-corrected chi connectivity index (χ4v) is 13.2. The zero-order valence-electron chi connectivity index (χ0n) is 48.2. The summed E-state index contributed by atoms with van der Waals surface area (Å²) in [6, 6.07) is 101. The first-order valence-electron chi connectivity index (χ1n) is 30.1. The third kappa shape index (κ3) is 8.53. The predicted molar refractivity (Wildman–Crippen MR) is 367 cm³/mol. The highest BCUT2D eigenvalue weighted by atomic mass is 16.3. The average Bonchev–Trinajstić information content (AvgIpc) is 1.76. The van der Waals surface area contributed by atoms with Crippen LogP contribution in [-0.4, -0.2) is 29.9 Å². The smallest absolute Gasteiger partial charge is 0.167 e. The lowest BCUT2D eigenvalue weighted by atomic mass is 9.90. The number of hydrogen-bond acceptors (Lipinski definition) is 8. The molecule has 0 aliphatic rings. The molecule has 4 heterocycles. The van der Waals surface area contributed by atoms with Crippen LogP contribution >= 0.6 is 0 Å². The van der Waals surface area contributed by atoms with Crippen molar-refractivity contribution in [2.75, 3.05) is 0 Å². The Kier molecular flexibility index (Phi) is 11.7. The van der Waals surface area contributed by atoms with E-state index in [0.717, 1.165) is 116 Å². The van der Waals surface area contributed by atoms with Crippen molar-refractivity contribution in [1.29, 1.82) is 0 Å². The second kappa shape index (κ2) is 20.7. The van der Waals surface area contributed by atoms with Gasteiger partial charge in [-0.15, -0.1) is 0 Å². The number of furan rings is 2. The third-order valence-corrected chi connectivity index (χ3v) is 17.6. The molecular formula is C82H48N6O2. The molecule has 0 bridgehead atoms. The van der Waals surface area contributed by atoms with Crippen LogP contribution in [0.2, 0.25) is 0 Å². The van der Waals surface area contributed by atoms with Gasteiger partial charge < -0.3 is 8.83 Å². The molecule has 0 amide bonds. The summed E-state index contributed by atoms with van der Waals surface area (Å²) in [5.74, 6) is 3.34. The van der Waals surface area contributed by atoms with Crippen LogP contribution < -0.4 is 0 Å². The van der Waals surface area contributed by atoms with Crippen molar-refractivity contribution >= 4 is 87.0 Å². The van der Waals surface area contributed by atoms with Gasteiger partial charge in [0.1, 0.15) is 22.3 Å². The number of rotatable bonds is 9. The monoisotopic (exact) mass is 1150 g/mol. The maximum Gasteiger partial charge on any atom is 0.167 e. The van der Waals surface area contributed by atoms with Gasteiger partial charge in [-0.25, -0.2) is 29.9 Å². The average molecular weight is 1150 g/mol. The molecule has 0 N–H and O–H groups in total. The SMILES string of the molecule is c1ccc(-c2nc(-c3cccc(-c4ccc5c(c4)c(-c4cccc6c4oc4c(-c7nc(-c8ccccc8)nc(-c8ccccc8)n7)cccc46)cc4ccccc45)c3)nc(-c3cccc4c3oc3c(-c5ccc6c(ccc7ccccc76)c5)cccc34)n2)cc1. The fourth-order valence-electron chi connectivity index (χ4n) is 13.2. The van der Waals surface area contributed by atoms with Crippen LogP contribution in [0.4, 0.5) is 0 Å². The van der Waals surface area contributed by atoms with E-state index in [2.05, 4.69) is 194 Å². The molecule has 18 aromatic rings. The Labute approximate surface area is 515 Å². The van der Waals surface area contributed by atoms with Gasteiger partial charge in [0.15, 0.2) is 34.9 Å². The van der Waals surface area contributed by atoms with E-state index in [1.54, 1.807) is 0 Å². The van der Waals surface area contributed by atoms with Crippen LogP contribution in [0.1, 0.15) is 0 Å². The van der Waals surface area contributed by atoms with Gasteiger partial charge in [0, 0.05) is 54.9 Å².